The highest BCUT2D eigenvalue weighted by atomic mass is 35.5. The minimum atomic E-state index is -0.0503. The second-order valence-corrected chi connectivity index (χ2v) is 6.04. The molecular weight excluding hydrogens is 260 g/mol. The van der Waals surface area contributed by atoms with Gasteiger partial charge in [0.05, 0.1) is 0 Å². The van der Waals surface area contributed by atoms with E-state index in [1.54, 1.807) is 0 Å². The van der Waals surface area contributed by atoms with Gasteiger partial charge in [-0.05, 0) is 31.6 Å². The second kappa shape index (κ2) is 6.76. The molecule has 3 aliphatic rings. The Labute approximate surface area is 122 Å². The Kier molecular flexibility index (Phi) is 5.28. The Morgan fingerprint density at radius 1 is 1.16 bits per heavy atom. The van der Waals surface area contributed by atoms with Crippen LogP contribution in [0.4, 0.5) is 0 Å². The smallest absolute Gasteiger partial charge is 0.243 e. The normalized spacial score (nSPS) is 27.1. The van der Waals surface area contributed by atoms with E-state index in [-0.39, 0.29) is 18.4 Å². The van der Waals surface area contributed by atoms with Gasteiger partial charge in [0.25, 0.3) is 0 Å². The predicted octanol–water partition coefficient (Wildman–Crippen LogP) is 2.51. The van der Waals surface area contributed by atoms with E-state index >= 15 is 0 Å². The quantitative estimate of drug-likeness (QED) is 0.805. The SMILES string of the molecule is Cl.O=C(C1C=CCN1)N(CC1CC1)C1CCCCC1. The van der Waals surface area contributed by atoms with Crippen molar-refractivity contribution in [3.8, 4) is 0 Å². The van der Waals surface area contributed by atoms with Gasteiger partial charge in [-0.15, -0.1) is 12.4 Å². The van der Waals surface area contributed by atoms with Gasteiger partial charge in [0.1, 0.15) is 6.04 Å². The molecule has 0 aromatic rings. The lowest BCUT2D eigenvalue weighted by Crippen LogP contribution is -2.49. The summed E-state index contributed by atoms with van der Waals surface area (Å²) in [7, 11) is 0. The third kappa shape index (κ3) is 3.73. The summed E-state index contributed by atoms with van der Waals surface area (Å²) in [4.78, 5) is 14.8. The number of nitrogens with one attached hydrogen (secondary N) is 1. The summed E-state index contributed by atoms with van der Waals surface area (Å²) in [5.74, 6) is 1.11. The summed E-state index contributed by atoms with van der Waals surface area (Å²) in [5, 5.41) is 3.27. The van der Waals surface area contributed by atoms with Gasteiger partial charge in [-0.1, -0.05) is 31.4 Å². The van der Waals surface area contributed by atoms with Gasteiger partial charge in [-0.25, -0.2) is 0 Å². The van der Waals surface area contributed by atoms with Crippen LogP contribution in [0.1, 0.15) is 44.9 Å². The summed E-state index contributed by atoms with van der Waals surface area (Å²) in [6.07, 6.45) is 13.1. The molecule has 4 heteroatoms. The van der Waals surface area contributed by atoms with Crippen molar-refractivity contribution in [2.45, 2.75) is 57.0 Å². The Balaban J connectivity index is 0.00000133. The molecular formula is C15H25ClN2O. The molecule has 0 bridgehead atoms. The van der Waals surface area contributed by atoms with Crippen LogP contribution in [0.15, 0.2) is 12.2 Å². The van der Waals surface area contributed by atoms with Gasteiger partial charge in [0.15, 0.2) is 0 Å². The van der Waals surface area contributed by atoms with Gasteiger partial charge >= 0.3 is 0 Å². The first-order valence-electron chi connectivity index (χ1n) is 7.55. The fraction of sp³-hybridized carbons (Fsp3) is 0.800. The monoisotopic (exact) mass is 284 g/mol. The van der Waals surface area contributed by atoms with E-state index in [9.17, 15) is 4.79 Å². The zero-order chi connectivity index (χ0) is 12.4. The maximum atomic E-state index is 12.6. The largest absolute Gasteiger partial charge is 0.338 e. The zero-order valence-electron chi connectivity index (χ0n) is 11.5. The predicted molar refractivity (Wildman–Crippen MR) is 79.5 cm³/mol. The fourth-order valence-corrected chi connectivity index (χ4v) is 3.21. The van der Waals surface area contributed by atoms with Crippen molar-refractivity contribution in [3.63, 3.8) is 0 Å². The number of halogens is 1. The highest BCUT2D eigenvalue weighted by molar-refractivity contribution is 5.85. The molecule has 1 amide bonds. The number of hydrogen-bond donors (Lipinski definition) is 1. The van der Waals surface area contributed by atoms with Crippen LogP contribution in [0.25, 0.3) is 0 Å². The summed E-state index contributed by atoms with van der Waals surface area (Å²) < 4.78 is 0. The molecule has 1 atom stereocenters. The molecule has 108 valence electrons. The molecule has 2 fully saturated rings. The summed E-state index contributed by atoms with van der Waals surface area (Å²) in [6.45, 7) is 1.86. The fourth-order valence-electron chi connectivity index (χ4n) is 3.21. The maximum Gasteiger partial charge on any atom is 0.243 e. The van der Waals surface area contributed by atoms with E-state index in [0.717, 1.165) is 19.0 Å². The molecule has 0 aromatic carbocycles. The molecule has 19 heavy (non-hydrogen) atoms. The lowest BCUT2D eigenvalue weighted by atomic mass is 9.93. The minimum absolute atomic E-state index is 0. The van der Waals surface area contributed by atoms with E-state index in [0.29, 0.717) is 11.9 Å². The molecule has 3 rings (SSSR count). The van der Waals surface area contributed by atoms with Crippen molar-refractivity contribution < 1.29 is 4.79 Å². The van der Waals surface area contributed by atoms with Gasteiger partial charge in [-0.2, -0.15) is 0 Å². The van der Waals surface area contributed by atoms with E-state index in [4.69, 9.17) is 0 Å². The zero-order valence-corrected chi connectivity index (χ0v) is 12.3. The average molecular weight is 285 g/mol. The number of amides is 1. The standard InChI is InChI=1S/C15H24N2O.ClH/c18-15(14-7-4-10-16-14)17(11-12-8-9-12)13-5-2-1-3-6-13;/h4,7,12-14,16H,1-3,5-6,8-11H2;1H. The Hall–Kier alpha value is -0.540. The molecule has 2 aliphatic carbocycles. The van der Waals surface area contributed by atoms with Crippen LogP contribution in [-0.4, -0.2) is 36.0 Å². The average Bonchev–Trinajstić information content (AvgIpc) is 3.07. The van der Waals surface area contributed by atoms with Crippen LogP contribution in [0.5, 0.6) is 0 Å². The van der Waals surface area contributed by atoms with Crippen molar-refractivity contribution in [1.82, 2.24) is 10.2 Å². The summed E-state index contributed by atoms with van der Waals surface area (Å²) >= 11 is 0. The van der Waals surface area contributed by atoms with Gasteiger partial charge < -0.3 is 4.90 Å². The lowest BCUT2D eigenvalue weighted by molar-refractivity contribution is -0.135. The number of rotatable bonds is 4. The summed E-state index contributed by atoms with van der Waals surface area (Å²) in [6, 6.07) is 0.466. The van der Waals surface area contributed by atoms with Crippen LogP contribution >= 0.6 is 12.4 Å². The highest BCUT2D eigenvalue weighted by Crippen LogP contribution is 2.33. The molecule has 1 aliphatic heterocycles. The molecule has 1 heterocycles. The van der Waals surface area contributed by atoms with E-state index < -0.39 is 0 Å². The number of hydrogen-bond acceptors (Lipinski definition) is 2. The van der Waals surface area contributed by atoms with Crippen LogP contribution in [0.3, 0.4) is 0 Å². The van der Waals surface area contributed by atoms with Crippen LogP contribution in [0.2, 0.25) is 0 Å². The van der Waals surface area contributed by atoms with Crippen molar-refractivity contribution >= 4 is 18.3 Å². The summed E-state index contributed by atoms with van der Waals surface area (Å²) in [5.41, 5.74) is 0. The van der Waals surface area contributed by atoms with Gasteiger partial charge in [0, 0.05) is 19.1 Å². The van der Waals surface area contributed by atoms with Crippen LogP contribution in [0, 0.1) is 5.92 Å². The van der Waals surface area contributed by atoms with Gasteiger partial charge in [0.2, 0.25) is 5.91 Å². The van der Waals surface area contributed by atoms with E-state index in [1.807, 2.05) is 6.08 Å². The topological polar surface area (TPSA) is 32.3 Å². The molecule has 0 radical (unpaired) electrons. The molecule has 0 spiro atoms. The Bertz CT molecular complexity index is 335. The molecule has 1 N–H and O–H groups in total. The third-order valence-electron chi connectivity index (χ3n) is 4.50. The van der Waals surface area contributed by atoms with E-state index in [1.165, 1.54) is 44.9 Å². The molecule has 3 nitrogen and oxygen atoms in total. The second-order valence-electron chi connectivity index (χ2n) is 6.04. The van der Waals surface area contributed by atoms with E-state index in [2.05, 4.69) is 16.3 Å². The highest BCUT2D eigenvalue weighted by Gasteiger charge is 2.34. The lowest BCUT2D eigenvalue weighted by Gasteiger charge is -2.36. The third-order valence-corrected chi connectivity index (χ3v) is 4.50. The van der Waals surface area contributed by atoms with Gasteiger partial charge in [-0.3, -0.25) is 10.1 Å². The Morgan fingerprint density at radius 2 is 1.89 bits per heavy atom. The van der Waals surface area contributed by atoms with Crippen molar-refractivity contribution in [1.29, 1.82) is 0 Å². The first kappa shape index (κ1) is 14.9. The van der Waals surface area contributed by atoms with Crippen molar-refractivity contribution in [2.75, 3.05) is 13.1 Å². The molecule has 0 aromatic heterocycles. The number of carbonyl (C=O) groups is 1. The number of nitrogens with zero attached hydrogens (tertiary/aromatic N) is 1. The van der Waals surface area contributed by atoms with Crippen LogP contribution in [-0.2, 0) is 4.79 Å². The first-order chi connectivity index (χ1) is 8.84. The minimum Gasteiger partial charge on any atom is -0.338 e. The molecule has 1 unspecified atom stereocenters. The molecule has 0 saturated heterocycles. The van der Waals surface area contributed by atoms with Crippen LogP contribution < -0.4 is 5.32 Å². The van der Waals surface area contributed by atoms with Crippen molar-refractivity contribution in [3.05, 3.63) is 12.2 Å². The Morgan fingerprint density at radius 3 is 2.47 bits per heavy atom. The number of carbonyl (C=O) groups excluding carboxylic acids is 1. The molecule has 2 saturated carbocycles. The first-order valence-corrected chi connectivity index (χ1v) is 7.55. The maximum absolute atomic E-state index is 12.6. The van der Waals surface area contributed by atoms with Crippen molar-refractivity contribution in [2.24, 2.45) is 5.92 Å².